The molecule has 3 aromatic rings. The predicted molar refractivity (Wildman–Crippen MR) is 116 cm³/mol. The van der Waals surface area contributed by atoms with Crippen LogP contribution in [0, 0.1) is 5.92 Å². The number of nitrogens with zero attached hydrogens (tertiary/aromatic N) is 1. The molecule has 0 saturated heterocycles. The molecule has 6 heteroatoms. The number of aromatic amines is 1. The highest BCUT2D eigenvalue weighted by molar-refractivity contribution is 5.95. The van der Waals surface area contributed by atoms with Gasteiger partial charge in [-0.3, -0.25) is 14.7 Å². The summed E-state index contributed by atoms with van der Waals surface area (Å²) >= 11 is 0. The molecule has 1 aromatic heterocycles. The maximum Gasteiger partial charge on any atom is 0.230 e. The largest absolute Gasteiger partial charge is 0.353 e. The van der Waals surface area contributed by atoms with Crippen LogP contribution in [0.1, 0.15) is 49.3 Å². The Morgan fingerprint density at radius 2 is 1.83 bits per heavy atom. The third kappa shape index (κ3) is 4.22. The summed E-state index contributed by atoms with van der Waals surface area (Å²) in [5, 5.41) is 15.6. The lowest BCUT2D eigenvalue weighted by molar-refractivity contribution is -0.122. The summed E-state index contributed by atoms with van der Waals surface area (Å²) in [5.74, 6) is 1.63. The number of rotatable bonds is 7. The Morgan fingerprint density at radius 3 is 2.67 bits per heavy atom. The second-order valence-electron chi connectivity index (χ2n) is 8.65. The number of anilines is 1. The van der Waals surface area contributed by atoms with Gasteiger partial charge in [-0.25, -0.2) is 0 Å². The summed E-state index contributed by atoms with van der Waals surface area (Å²) in [6, 6.07) is 16.3. The molecule has 2 aliphatic rings. The normalized spacial score (nSPS) is 20.5. The van der Waals surface area contributed by atoms with Crippen LogP contribution in [0.5, 0.6) is 0 Å². The van der Waals surface area contributed by atoms with E-state index < -0.39 is 0 Å². The minimum atomic E-state index is -0.0803. The highest BCUT2D eigenvalue weighted by Crippen LogP contribution is 2.37. The van der Waals surface area contributed by atoms with Gasteiger partial charge in [0.15, 0.2) is 5.82 Å². The van der Waals surface area contributed by atoms with E-state index in [2.05, 4.69) is 33.0 Å². The molecule has 2 aliphatic carbocycles. The molecule has 6 nitrogen and oxygen atoms in total. The standard InChI is InChI=1S/C24H26N4O2/c29-23(10-15-8-9-15)25-19-11-18(12-19)21-14-22(28-27-21)26-24(30)13-17-6-3-5-16-4-1-2-7-20(16)17/h1-7,14-15,18-19H,8-13H2,(H,25,29)(H2,26,27,28,30). The Hall–Kier alpha value is -3.15. The van der Waals surface area contributed by atoms with Crippen LogP contribution >= 0.6 is 0 Å². The van der Waals surface area contributed by atoms with Crippen LogP contribution in [0.15, 0.2) is 48.5 Å². The van der Waals surface area contributed by atoms with Gasteiger partial charge in [-0.15, -0.1) is 0 Å². The molecule has 154 valence electrons. The summed E-state index contributed by atoms with van der Waals surface area (Å²) in [4.78, 5) is 24.5. The summed E-state index contributed by atoms with van der Waals surface area (Å²) in [5.41, 5.74) is 2.02. The van der Waals surface area contributed by atoms with Crippen molar-refractivity contribution in [2.45, 2.75) is 50.5 Å². The average molecular weight is 402 g/mol. The van der Waals surface area contributed by atoms with Gasteiger partial charge < -0.3 is 10.6 Å². The number of hydrogen-bond donors (Lipinski definition) is 3. The second kappa shape index (κ2) is 7.94. The molecular weight excluding hydrogens is 376 g/mol. The van der Waals surface area contributed by atoms with Crippen LogP contribution in [0.2, 0.25) is 0 Å². The number of benzene rings is 2. The molecule has 0 radical (unpaired) electrons. The molecule has 0 unspecified atom stereocenters. The third-order valence-corrected chi connectivity index (χ3v) is 6.21. The Balaban J connectivity index is 1.13. The van der Waals surface area contributed by atoms with E-state index in [9.17, 15) is 9.59 Å². The van der Waals surface area contributed by atoms with Gasteiger partial charge in [-0.1, -0.05) is 42.5 Å². The van der Waals surface area contributed by atoms with Gasteiger partial charge in [0.05, 0.1) is 6.42 Å². The molecule has 0 spiro atoms. The number of amides is 2. The fraction of sp³-hybridized carbons (Fsp3) is 0.375. The summed E-state index contributed by atoms with van der Waals surface area (Å²) in [7, 11) is 0. The number of nitrogens with one attached hydrogen (secondary N) is 3. The average Bonchev–Trinajstić information content (AvgIpc) is 3.40. The van der Waals surface area contributed by atoms with Gasteiger partial charge in [0.2, 0.25) is 11.8 Å². The monoisotopic (exact) mass is 402 g/mol. The third-order valence-electron chi connectivity index (χ3n) is 6.21. The first kappa shape index (κ1) is 18.9. The van der Waals surface area contributed by atoms with Crippen LogP contribution in [-0.2, 0) is 16.0 Å². The highest BCUT2D eigenvalue weighted by atomic mass is 16.2. The zero-order valence-corrected chi connectivity index (χ0v) is 16.9. The molecule has 30 heavy (non-hydrogen) atoms. The lowest BCUT2D eigenvalue weighted by Crippen LogP contribution is -2.43. The van der Waals surface area contributed by atoms with E-state index in [-0.39, 0.29) is 17.9 Å². The van der Waals surface area contributed by atoms with Crippen LogP contribution in [-0.4, -0.2) is 28.1 Å². The summed E-state index contributed by atoms with van der Waals surface area (Å²) < 4.78 is 0. The summed E-state index contributed by atoms with van der Waals surface area (Å²) in [6.45, 7) is 0. The Bertz CT molecular complexity index is 1070. The van der Waals surface area contributed by atoms with Crippen molar-refractivity contribution in [3.8, 4) is 0 Å². The van der Waals surface area contributed by atoms with Crippen molar-refractivity contribution in [3.63, 3.8) is 0 Å². The molecular formula is C24H26N4O2. The van der Waals surface area contributed by atoms with E-state index in [1.54, 1.807) is 0 Å². The molecule has 5 rings (SSSR count). The lowest BCUT2D eigenvalue weighted by Gasteiger charge is -2.35. The van der Waals surface area contributed by atoms with Gasteiger partial charge in [0.1, 0.15) is 0 Å². The van der Waals surface area contributed by atoms with E-state index in [1.807, 2.05) is 36.4 Å². The van der Waals surface area contributed by atoms with E-state index in [1.165, 1.54) is 12.8 Å². The number of carbonyl (C=O) groups excluding carboxylic acids is 2. The first-order chi connectivity index (χ1) is 14.6. The van der Waals surface area contributed by atoms with Gasteiger partial charge >= 0.3 is 0 Å². The fourth-order valence-electron chi connectivity index (χ4n) is 4.28. The van der Waals surface area contributed by atoms with Crippen molar-refractivity contribution in [3.05, 3.63) is 59.8 Å². The number of carbonyl (C=O) groups is 2. The molecule has 1 heterocycles. The summed E-state index contributed by atoms with van der Waals surface area (Å²) in [6.07, 6.45) is 5.22. The molecule has 2 aromatic carbocycles. The van der Waals surface area contributed by atoms with Crippen molar-refractivity contribution in [1.82, 2.24) is 15.5 Å². The van der Waals surface area contributed by atoms with Crippen molar-refractivity contribution in [2.75, 3.05) is 5.32 Å². The Kier molecular flexibility index (Phi) is 4.99. The molecule has 2 fully saturated rings. The van der Waals surface area contributed by atoms with Crippen molar-refractivity contribution < 1.29 is 9.59 Å². The smallest absolute Gasteiger partial charge is 0.230 e. The fourth-order valence-corrected chi connectivity index (χ4v) is 4.28. The number of hydrogen-bond acceptors (Lipinski definition) is 3. The highest BCUT2D eigenvalue weighted by Gasteiger charge is 2.34. The minimum absolute atomic E-state index is 0.0803. The van der Waals surface area contributed by atoms with Gasteiger partial charge in [-0.2, -0.15) is 5.10 Å². The van der Waals surface area contributed by atoms with Crippen molar-refractivity contribution in [1.29, 1.82) is 0 Å². The van der Waals surface area contributed by atoms with Crippen molar-refractivity contribution in [2.24, 2.45) is 5.92 Å². The van der Waals surface area contributed by atoms with Crippen LogP contribution in [0.4, 0.5) is 5.82 Å². The Morgan fingerprint density at radius 1 is 1.03 bits per heavy atom. The first-order valence-electron chi connectivity index (χ1n) is 10.7. The number of H-pyrrole nitrogens is 1. The lowest BCUT2D eigenvalue weighted by atomic mass is 9.78. The zero-order chi connectivity index (χ0) is 20.5. The van der Waals surface area contributed by atoms with E-state index in [4.69, 9.17) is 0 Å². The van der Waals surface area contributed by atoms with E-state index in [0.29, 0.717) is 30.5 Å². The second-order valence-corrected chi connectivity index (χ2v) is 8.65. The van der Waals surface area contributed by atoms with Gasteiger partial charge in [-0.05, 0) is 47.9 Å². The molecule has 2 saturated carbocycles. The van der Waals surface area contributed by atoms with E-state index >= 15 is 0 Å². The number of aromatic nitrogens is 2. The van der Waals surface area contributed by atoms with Crippen LogP contribution in [0.3, 0.4) is 0 Å². The van der Waals surface area contributed by atoms with Crippen LogP contribution < -0.4 is 10.6 Å². The SMILES string of the molecule is O=C(Cc1cccc2ccccc12)Nc1cc(C2CC(NC(=O)CC3CC3)C2)[nH]n1. The zero-order valence-electron chi connectivity index (χ0n) is 16.9. The molecule has 0 bridgehead atoms. The predicted octanol–water partition coefficient (Wildman–Crippen LogP) is 3.91. The van der Waals surface area contributed by atoms with Gasteiger partial charge in [0, 0.05) is 30.1 Å². The molecule has 2 amide bonds. The van der Waals surface area contributed by atoms with Crippen molar-refractivity contribution >= 4 is 28.4 Å². The minimum Gasteiger partial charge on any atom is -0.353 e. The molecule has 0 aliphatic heterocycles. The first-order valence-corrected chi connectivity index (χ1v) is 10.7. The quantitative estimate of drug-likeness (QED) is 0.560. The maximum atomic E-state index is 12.5. The molecule has 0 atom stereocenters. The Labute approximate surface area is 175 Å². The van der Waals surface area contributed by atoms with Gasteiger partial charge in [0.25, 0.3) is 0 Å². The maximum absolute atomic E-state index is 12.5. The topological polar surface area (TPSA) is 86.9 Å². The van der Waals surface area contributed by atoms with Crippen LogP contribution in [0.25, 0.3) is 10.8 Å². The van der Waals surface area contributed by atoms with E-state index in [0.717, 1.165) is 34.9 Å². The molecule has 3 N–H and O–H groups in total. The number of fused-ring (bicyclic) bond motifs is 1.